The number of rotatable bonds is 9. The van der Waals surface area contributed by atoms with Crippen molar-refractivity contribution in [1.82, 2.24) is 26.3 Å². The van der Waals surface area contributed by atoms with Gasteiger partial charge in [-0.3, -0.25) is 24.0 Å². The number of fused-ring (bicyclic) bond motifs is 16. The lowest BCUT2D eigenvalue weighted by Gasteiger charge is -2.23. The van der Waals surface area contributed by atoms with Crippen molar-refractivity contribution >= 4 is 51.8 Å². The van der Waals surface area contributed by atoms with Crippen LogP contribution in [0.15, 0.2) is 84.9 Å². The first-order valence-corrected chi connectivity index (χ1v) is 18.2. The minimum absolute atomic E-state index is 0.144. The number of carbonyl (C=O) groups excluding carboxylic acids is 5. The number of nitrogens with zero attached hydrogens (tertiary/aromatic N) is 1. The molecular formula is C40H48N10O5. The molecular weight excluding hydrogens is 701 g/mol. The molecule has 0 spiro atoms. The largest absolute Gasteiger partial charge is 0.368 e. The van der Waals surface area contributed by atoms with E-state index < -0.39 is 54.2 Å². The molecule has 3 atom stereocenters. The molecule has 0 saturated heterocycles. The molecule has 0 unspecified atom stereocenters. The molecule has 3 aromatic carbocycles. The average Bonchev–Trinajstić information content (AvgIpc) is 3.19. The van der Waals surface area contributed by atoms with Gasteiger partial charge in [0, 0.05) is 29.7 Å². The van der Waals surface area contributed by atoms with Crippen LogP contribution in [-0.2, 0) is 32.1 Å². The van der Waals surface area contributed by atoms with E-state index in [4.69, 9.17) is 27.9 Å². The normalized spacial score (nSPS) is 19.1. The van der Waals surface area contributed by atoms with Gasteiger partial charge in [0.1, 0.15) is 18.1 Å². The quantitative estimate of drug-likeness (QED) is 0.0674. The molecule has 55 heavy (non-hydrogen) atoms. The fraction of sp³-hybridized carbons (Fsp3) is 0.300. The second-order valence-electron chi connectivity index (χ2n) is 13.2. The Morgan fingerprint density at radius 1 is 0.836 bits per heavy atom. The molecule has 15 heteroatoms. The number of benzene rings is 3. The number of nitrogens with two attached hydrogens (primary N) is 4. The van der Waals surface area contributed by atoms with E-state index in [9.17, 15) is 24.0 Å². The number of unbranched alkanes of at least 4 members (excludes halogenated alkanes) is 1. The van der Waals surface area contributed by atoms with E-state index in [1.165, 1.54) is 0 Å². The summed E-state index contributed by atoms with van der Waals surface area (Å²) in [5.41, 5.74) is 28.5. The highest BCUT2D eigenvalue weighted by Crippen LogP contribution is 2.32. The molecule has 1 aromatic heterocycles. The zero-order valence-corrected chi connectivity index (χ0v) is 30.5. The predicted molar refractivity (Wildman–Crippen MR) is 212 cm³/mol. The maximum absolute atomic E-state index is 14.0. The van der Waals surface area contributed by atoms with Gasteiger partial charge in [0.15, 0.2) is 0 Å². The molecule has 4 bridgehead atoms. The van der Waals surface area contributed by atoms with Gasteiger partial charge in [0.05, 0.1) is 29.0 Å². The summed E-state index contributed by atoms with van der Waals surface area (Å²) in [6.45, 7) is 0.0359. The van der Waals surface area contributed by atoms with Gasteiger partial charge in [0.2, 0.25) is 23.6 Å². The predicted octanol–water partition coefficient (Wildman–Crippen LogP) is 1.36. The molecule has 13 N–H and O–H groups in total. The van der Waals surface area contributed by atoms with Gasteiger partial charge in [-0.15, -0.1) is 0 Å². The van der Waals surface area contributed by atoms with Gasteiger partial charge in [0.25, 0.3) is 5.91 Å². The van der Waals surface area contributed by atoms with E-state index in [0.29, 0.717) is 54.6 Å². The molecule has 6 rings (SSSR count). The second kappa shape index (κ2) is 19.3. The smallest absolute Gasteiger partial charge is 0.254 e. The molecule has 4 aromatic rings. The van der Waals surface area contributed by atoms with Crippen molar-refractivity contribution in [2.45, 2.75) is 56.8 Å². The lowest BCUT2D eigenvalue weighted by molar-refractivity contribution is -0.131. The summed E-state index contributed by atoms with van der Waals surface area (Å²) in [5.74, 6) is -3.30. The minimum atomic E-state index is -1.22. The molecule has 0 radical (unpaired) electrons. The van der Waals surface area contributed by atoms with Crippen molar-refractivity contribution in [2.75, 3.05) is 25.0 Å². The van der Waals surface area contributed by atoms with Crippen molar-refractivity contribution in [3.05, 3.63) is 102 Å². The van der Waals surface area contributed by atoms with Crippen LogP contribution < -0.4 is 49.5 Å². The lowest BCUT2D eigenvalue weighted by Crippen LogP contribution is -2.56. The number of allylic oxidation sites excluding steroid dienone is 1. The van der Waals surface area contributed by atoms with E-state index in [1.54, 1.807) is 18.2 Å². The van der Waals surface area contributed by atoms with Crippen LogP contribution >= 0.6 is 0 Å². The van der Waals surface area contributed by atoms with Gasteiger partial charge < -0.3 is 49.5 Å². The number of amides is 5. The molecule has 0 aliphatic carbocycles. The highest BCUT2D eigenvalue weighted by Gasteiger charge is 2.28. The number of hydrogen-bond acceptors (Lipinski definition) is 10. The Kier molecular flexibility index (Phi) is 14.0. The monoisotopic (exact) mass is 748 g/mol. The molecule has 288 valence electrons. The Labute approximate surface area is 319 Å². The highest BCUT2D eigenvalue weighted by atomic mass is 16.2. The van der Waals surface area contributed by atoms with Gasteiger partial charge in [-0.2, -0.15) is 0 Å². The Bertz CT molecular complexity index is 2030. The number of primary amides is 1. The number of aromatic nitrogens is 1. The van der Waals surface area contributed by atoms with Gasteiger partial charge >= 0.3 is 0 Å². The molecule has 5 amide bonds. The van der Waals surface area contributed by atoms with E-state index in [1.807, 2.05) is 66.7 Å². The summed E-state index contributed by atoms with van der Waals surface area (Å²) < 4.78 is 0. The summed E-state index contributed by atoms with van der Waals surface area (Å²) in [5, 5.41) is 14.6. The molecule has 15 nitrogen and oxygen atoms in total. The SMILES string of the molecule is NCCCC[C@@H]1NC(=O)[C@H](CN)NC(=O)c2cccc3c(Nc4ccc(CN)cc4)cc(nc23)-c2ccc(cc2)C/C=C/C[C@@H](C(N)=O)NC(=O)CNC1=O. The van der Waals surface area contributed by atoms with Crippen molar-refractivity contribution in [2.24, 2.45) is 22.9 Å². The summed E-state index contributed by atoms with van der Waals surface area (Å²) >= 11 is 0. The summed E-state index contributed by atoms with van der Waals surface area (Å²) in [6, 6.07) is 19.3. The minimum Gasteiger partial charge on any atom is -0.368 e. The van der Waals surface area contributed by atoms with Crippen LogP contribution in [0.4, 0.5) is 11.4 Å². The van der Waals surface area contributed by atoms with Crippen molar-refractivity contribution in [3.63, 3.8) is 0 Å². The van der Waals surface area contributed by atoms with Crippen LogP contribution in [-0.4, -0.2) is 72.3 Å². The van der Waals surface area contributed by atoms with Crippen molar-refractivity contribution in [1.29, 1.82) is 0 Å². The number of carbonyl (C=O) groups is 5. The fourth-order valence-corrected chi connectivity index (χ4v) is 6.11. The Balaban J connectivity index is 1.55. The summed E-state index contributed by atoms with van der Waals surface area (Å²) in [6.07, 6.45) is 5.60. The van der Waals surface area contributed by atoms with Gasteiger partial charge in [-0.1, -0.05) is 60.7 Å². The third-order valence-electron chi connectivity index (χ3n) is 9.23. The van der Waals surface area contributed by atoms with Crippen LogP contribution in [0.2, 0.25) is 0 Å². The second-order valence-corrected chi connectivity index (χ2v) is 13.2. The van der Waals surface area contributed by atoms with Crippen molar-refractivity contribution in [3.8, 4) is 11.3 Å². The first-order chi connectivity index (χ1) is 26.6. The maximum Gasteiger partial charge on any atom is 0.254 e. The van der Waals surface area contributed by atoms with Crippen LogP contribution in [0.25, 0.3) is 22.2 Å². The topological polar surface area (TPSA) is 262 Å². The van der Waals surface area contributed by atoms with E-state index in [2.05, 4.69) is 26.6 Å². The first-order valence-electron chi connectivity index (χ1n) is 18.2. The van der Waals surface area contributed by atoms with Crippen molar-refractivity contribution < 1.29 is 24.0 Å². The number of anilines is 2. The lowest BCUT2D eigenvalue weighted by atomic mass is 10.0. The van der Waals surface area contributed by atoms with Crippen LogP contribution in [0.3, 0.4) is 0 Å². The number of para-hydroxylation sites is 1. The average molecular weight is 749 g/mol. The van der Waals surface area contributed by atoms with Gasteiger partial charge in [-0.05, 0) is 74.0 Å². The third-order valence-corrected chi connectivity index (χ3v) is 9.23. The van der Waals surface area contributed by atoms with E-state index >= 15 is 0 Å². The van der Waals surface area contributed by atoms with E-state index in [0.717, 1.165) is 22.4 Å². The molecule has 0 saturated carbocycles. The number of hydrogen-bond donors (Lipinski definition) is 9. The number of nitrogens with one attached hydrogen (secondary N) is 5. The fourth-order valence-electron chi connectivity index (χ4n) is 6.11. The van der Waals surface area contributed by atoms with E-state index in [-0.39, 0.29) is 24.9 Å². The van der Waals surface area contributed by atoms with Gasteiger partial charge in [-0.25, -0.2) is 4.98 Å². The highest BCUT2D eigenvalue weighted by molar-refractivity contribution is 6.10. The molecule has 2 aliphatic rings. The Hall–Kier alpha value is -6.16. The zero-order valence-electron chi connectivity index (χ0n) is 30.5. The third kappa shape index (κ3) is 10.7. The Morgan fingerprint density at radius 2 is 1.60 bits per heavy atom. The van der Waals surface area contributed by atoms with Crippen LogP contribution in [0.5, 0.6) is 0 Å². The summed E-state index contributed by atoms with van der Waals surface area (Å²) in [4.78, 5) is 70.7. The first kappa shape index (κ1) is 40.0. The maximum atomic E-state index is 14.0. The summed E-state index contributed by atoms with van der Waals surface area (Å²) in [7, 11) is 0. The standard InChI is InChI=1S/C40H48N10O5/c41-19-4-3-10-31-39(54)45-23-35(51)47-30(37(44)52)9-2-1-6-24-11-15-26(16-12-24)32-20-33(46-27-17-13-25(21-42)14-18-27)28-7-5-8-29(36(28)48-32)38(53)50-34(22-43)40(55)49-31/h1-2,5,7-8,11-18,20,30-31,34H,3-4,6,9-10,19,21-23,41-43H2,(H2,44,52)(H,45,54)(H,46,48)(H,47,51)(H,49,55)(H,50,53)/b2-1+/t30-,31-,34-/m0/s1. The van der Waals surface area contributed by atoms with Crippen LogP contribution in [0.1, 0.15) is 47.2 Å². The number of pyridine rings is 1. The molecule has 3 heterocycles. The Morgan fingerprint density at radius 3 is 2.29 bits per heavy atom. The van der Waals surface area contributed by atoms with Crippen LogP contribution in [0, 0.1) is 0 Å². The molecule has 2 aliphatic heterocycles. The zero-order chi connectivity index (χ0) is 39.3. The molecule has 0 fully saturated rings.